The maximum absolute atomic E-state index is 11.9. The summed E-state index contributed by atoms with van der Waals surface area (Å²) in [5.41, 5.74) is 0. The quantitative estimate of drug-likeness (QED) is 0.689. The molecule has 0 aliphatic carbocycles. The molecule has 0 aromatic rings. The Morgan fingerprint density at radius 2 is 1.89 bits per heavy atom. The van der Waals surface area contributed by atoms with Crippen molar-refractivity contribution in [3.8, 4) is 0 Å². The number of ether oxygens (including phenoxy) is 1. The number of aliphatic hydroxyl groups is 1. The molecule has 0 aromatic carbocycles. The van der Waals surface area contributed by atoms with E-state index in [4.69, 9.17) is 4.74 Å². The van der Waals surface area contributed by atoms with Crippen molar-refractivity contribution in [3.05, 3.63) is 0 Å². The number of thioether (sulfide) groups is 1. The van der Waals surface area contributed by atoms with E-state index in [-0.39, 0.29) is 23.4 Å². The van der Waals surface area contributed by atoms with Crippen LogP contribution in [0.25, 0.3) is 0 Å². The van der Waals surface area contributed by atoms with Gasteiger partial charge in [-0.15, -0.1) is 0 Å². The first-order valence-corrected chi connectivity index (χ1v) is 7.42. The average Bonchev–Trinajstić information content (AvgIpc) is 2.29. The van der Waals surface area contributed by atoms with Gasteiger partial charge in [0, 0.05) is 6.42 Å². The standard InChI is InChI=1S/C13H24O4S/c1-5-17-11(14)8-7-10(12(15)9(3)4)13(16)18-6-2/h9-10,12,15H,5-8H2,1-4H3/t10-,12-/m1/s1. The molecule has 0 unspecified atom stereocenters. The summed E-state index contributed by atoms with van der Waals surface area (Å²) in [6.45, 7) is 7.72. The molecule has 1 N–H and O–H groups in total. The van der Waals surface area contributed by atoms with Crippen molar-refractivity contribution in [1.29, 1.82) is 0 Å². The number of carbonyl (C=O) groups is 2. The van der Waals surface area contributed by atoms with Gasteiger partial charge >= 0.3 is 5.97 Å². The summed E-state index contributed by atoms with van der Waals surface area (Å²) in [5, 5.41) is 10.0. The number of aliphatic hydroxyl groups excluding tert-OH is 1. The van der Waals surface area contributed by atoms with Gasteiger partial charge in [0.2, 0.25) is 0 Å². The number of esters is 1. The summed E-state index contributed by atoms with van der Waals surface area (Å²) >= 11 is 1.20. The zero-order valence-electron chi connectivity index (χ0n) is 11.6. The van der Waals surface area contributed by atoms with E-state index in [2.05, 4.69) is 0 Å². The Morgan fingerprint density at radius 1 is 1.28 bits per heavy atom. The smallest absolute Gasteiger partial charge is 0.305 e. The second-order valence-corrected chi connectivity index (χ2v) is 5.71. The minimum Gasteiger partial charge on any atom is -0.466 e. The topological polar surface area (TPSA) is 63.6 Å². The number of rotatable bonds is 8. The molecule has 18 heavy (non-hydrogen) atoms. The van der Waals surface area contributed by atoms with Crippen LogP contribution in [0, 0.1) is 11.8 Å². The summed E-state index contributed by atoms with van der Waals surface area (Å²) in [6.07, 6.45) is -0.173. The Bertz CT molecular complexity index is 266. The van der Waals surface area contributed by atoms with E-state index < -0.39 is 12.0 Å². The molecule has 0 radical (unpaired) electrons. The van der Waals surface area contributed by atoms with E-state index in [0.717, 1.165) is 0 Å². The third kappa shape index (κ3) is 6.40. The molecule has 4 nitrogen and oxygen atoms in total. The number of hydrogen-bond acceptors (Lipinski definition) is 5. The molecule has 0 spiro atoms. The highest BCUT2D eigenvalue weighted by Crippen LogP contribution is 2.24. The van der Waals surface area contributed by atoms with Gasteiger partial charge in [-0.1, -0.05) is 32.5 Å². The van der Waals surface area contributed by atoms with Crippen LogP contribution < -0.4 is 0 Å². The highest BCUT2D eigenvalue weighted by atomic mass is 32.2. The maximum atomic E-state index is 11.9. The lowest BCUT2D eigenvalue weighted by molar-refractivity contribution is -0.143. The Balaban J connectivity index is 4.47. The van der Waals surface area contributed by atoms with Crippen LogP contribution in [0.3, 0.4) is 0 Å². The summed E-state index contributed by atoms with van der Waals surface area (Å²) in [5.74, 6) is -0.120. The van der Waals surface area contributed by atoms with Gasteiger partial charge in [-0.2, -0.15) is 0 Å². The molecule has 0 bridgehead atoms. The molecule has 0 saturated carbocycles. The number of carbonyl (C=O) groups excluding carboxylic acids is 2. The Kier molecular flexibility index (Phi) is 9.10. The summed E-state index contributed by atoms with van der Waals surface area (Å²) in [6, 6.07) is 0. The lowest BCUT2D eigenvalue weighted by atomic mass is 9.90. The summed E-state index contributed by atoms with van der Waals surface area (Å²) in [4.78, 5) is 23.2. The minimum absolute atomic E-state index is 0.00129. The zero-order valence-corrected chi connectivity index (χ0v) is 12.5. The normalized spacial score (nSPS) is 14.3. The van der Waals surface area contributed by atoms with Gasteiger partial charge in [0.15, 0.2) is 5.12 Å². The van der Waals surface area contributed by atoms with Crippen LogP contribution in [-0.4, -0.2) is 34.7 Å². The summed E-state index contributed by atoms with van der Waals surface area (Å²) in [7, 11) is 0. The molecule has 106 valence electrons. The van der Waals surface area contributed by atoms with E-state index in [1.165, 1.54) is 11.8 Å². The second-order valence-electron chi connectivity index (χ2n) is 4.44. The van der Waals surface area contributed by atoms with E-state index in [1.807, 2.05) is 20.8 Å². The Morgan fingerprint density at radius 3 is 2.33 bits per heavy atom. The fourth-order valence-corrected chi connectivity index (χ4v) is 2.40. The van der Waals surface area contributed by atoms with Crippen molar-refractivity contribution < 1.29 is 19.4 Å². The summed E-state index contributed by atoms with van der Waals surface area (Å²) < 4.78 is 4.83. The molecule has 0 aliphatic rings. The van der Waals surface area contributed by atoms with Crippen molar-refractivity contribution >= 4 is 22.8 Å². The first kappa shape index (κ1) is 17.4. The first-order chi connectivity index (χ1) is 8.43. The fraction of sp³-hybridized carbons (Fsp3) is 0.846. The van der Waals surface area contributed by atoms with Gasteiger partial charge in [-0.25, -0.2) is 0 Å². The molecule has 0 rings (SSSR count). The molecule has 0 amide bonds. The van der Waals surface area contributed by atoms with Gasteiger partial charge < -0.3 is 9.84 Å². The van der Waals surface area contributed by atoms with Crippen LogP contribution in [0.15, 0.2) is 0 Å². The SMILES string of the molecule is CCOC(=O)CC[C@@H](C(=O)SCC)[C@H](O)C(C)C. The van der Waals surface area contributed by atoms with E-state index in [0.29, 0.717) is 18.8 Å². The predicted octanol–water partition coefficient (Wildman–Crippen LogP) is 2.24. The largest absolute Gasteiger partial charge is 0.466 e. The zero-order chi connectivity index (χ0) is 14.1. The third-order valence-electron chi connectivity index (χ3n) is 2.65. The van der Waals surface area contributed by atoms with Crippen molar-refractivity contribution in [1.82, 2.24) is 0 Å². The lowest BCUT2D eigenvalue weighted by Crippen LogP contribution is -2.31. The highest BCUT2D eigenvalue weighted by molar-refractivity contribution is 8.13. The predicted molar refractivity (Wildman–Crippen MR) is 73.3 cm³/mol. The van der Waals surface area contributed by atoms with Crippen LogP contribution in [0.1, 0.15) is 40.5 Å². The van der Waals surface area contributed by atoms with Crippen LogP contribution >= 0.6 is 11.8 Å². The van der Waals surface area contributed by atoms with Crippen LogP contribution in [0.2, 0.25) is 0 Å². The maximum Gasteiger partial charge on any atom is 0.305 e. The molecular weight excluding hydrogens is 252 g/mol. The number of hydrogen-bond donors (Lipinski definition) is 1. The molecule has 0 fully saturated rings. The lowest BCUT2D eigenvalue weighted by Gasteiger charge is -2.23. The fourth-order valence-electron chi connectivity index (χ4n) is 1.65. The van der Waals surface area contributed by atoms with Crippen LogP contribution in [0.5, 0.6) is 0 Å². The molecule has 5 heteroatoms. The van der Waals surface area contributed by atoms with Gasteiger partial charge in [0.1, 0.15) is 0 Å². The van der Waals surface area contributed by atoms with E-state index in [9.17, 15) is 14.7 Å². The van der Waals surface area contributed by atoms with Crippen molar-refractivity contribution in [2.24, 2.45) is 11.8 Å². The minimum atomic E-state index is -0.703. The molecular formula is C13H24O4S. The Labute approximate surface area is 113 Å². The highest BCUT2D eigenvalue weighted by Gasteiger charge is 2.29. The Hall–Kier alpha value is -0.550. The van der Waals surface area contributed by atoms with E-state index >= 15 is 0 Å². The van der Waals surface area contributed by atoms with Crippen molar-refractivity contribution in [3.63, 3.8) is 0 Å². The van der Waals surface area contributed by atoms with Crippen molar-refractivity contribution in [2.75, 3.05) is 12.4 Å². The van der Waals surface area contributed by atoms with Gasteiger partial charge in [-0.05, 0) is 25.0 Å². The first-order valence-electron chi connectivity index (χ1n) is 6.44. The second kappa shape index (κ2) is 9.39. The van der Waals surface area contributed by atoms with Gasteiger partial charge in [-0.3, -0.25) is 9.59 Å². The van der Waals surface area contributed by atoms with E-state index in [1.54, 1.807) is 6.92 Å². The van der Waals surface area contributed by atoms with Gasteiger partial charge in [0.25, 0.3) is 0 Å². The van der Waals surface area contributed by atoms with Crippen molar-refractivity contribution in [2.45, 2.75) is 46.6 Å². The van der Waals surface area contributed by atoms with Gasteiger partial charge in [0.05, 0.1) is 18.6 Å². The molecule has 0 saturated heterocycles. The molecule has 2 atom stereocenters. The van der Waals surface area contributed by atoms with Crippen LogP contribution in [-0.2, 0) is 14.3 Å². The van der Waals surface area contributed by atoms with Crippen LogP contribution in [0.4, 0.5) is 0 Å². The third-order valence-corrected chi connectivity index (χ3v) is 3.53. The monoisotopic (exact) mass is 276 g/mol. The molecule has 0 aromatic heterocycles. The molecule has 0 heterocycles. The average molecular weight is 276 g/mol. The molecule has 0 aliphatic heterocycles.